The van der Waals surface area contributed by atoms with Gasteiger partial charge in [0, 0.05) is 38.2 Å². The van der Waals surface area contributed by atoms with Gasteiger partial charge < -0.3 is 14.1 Å². The van der Waals surface area contributed by atoms with E-state index in [0.29, 0.717) is 18.9 Å². The molecule has 0 N–H and O–H groups in total. The molecular formula is C25H34N2O4. The van der Waals surface area contributed by atoms with Crippen molar-refractivity contribution < 1.29 is 13.9 Å². The van der Waals surface area contributed by atoms with Crippen molar-refractivity contribution in [3.8, 4) is 5.75 Å². The molecule has 6 heteroatoms. The van der Waals surface area contributed by atoms with Gasteiger partial charge in [-0.1, -0.05) is 43.2 Å². The summed E-state index contributed by atoms with van der Waals surface area (Å²) in [7, 11) is 0. The van der Waals surface area contributed by atoms with Crippen molar-refractivity contribution in [3.05, 3.63) is 63.2 Å². The second-order valence-corrected chi connectivity index (χ2v) is 8.47. The lowest BCUT2D eigenvalue weighted by Crippen LogP contribution is -2.49. The van der Waals surface area contributed by atoms with Crippen LogP contribution in [-0.2, 0) is 17.9 Å². The Morgan fingerprint density at radius 2 is 1.68 bits per heavy atom. The minimum absolute atomic E-state index is 0.126. The molecule has 1 amide bonds. The van der Waals surface area contributed by atoms with Crippen LogP contribution in [0.2, 0.25) is 0 Å². The predicted molar refractivity (Wildman–Crippen MR) is 121 cm³/mol. The monoisotopic (exact) mass is 426 g/mol. The number of piperazine rings is 1. The van der Waals surface area contributed by atoms with Crippen LogP contribution in [0, 0.1) is 19.8 Å². The Morgan fingerprint density at radius 1 is 1.03 bits per heavy atom. The highest BCUT2D eigenvalue weighted by molar-refractivity contribution is 5.78. The first-order valence-corrected chi connectivity index (χ1v) is 11.2. The van der Waals surface area contributed by atoms with Gasteiger partial charge in [0.15, 0.2) is 0 Å². The van der Waals surface area contributed by atoms with Gasteiger partial charge >= 0.3 is 0 Å². The van der Waals surface area contributed by atoms with E-state index < -0.39 is 0 Å². The summed E-state index contributed by atoms with van der Waals surface area (Å²) in [6.45, 7) is 12.1. The van der Waals surface area contributed by atoms with Crippen LogP contribution < -0.4 is 10.2 Å². The van der Waals surface area contributed by atoms with E-state index in [2.05, 4.69) is 36.9 Å². The number of hydrogen-bond acceptors (Lipinski definition) is 5. The van der Waals surface area contributed by atoms with E-state index in [1.165, 1.54) is 23.5 Å². The molecule has 0 aliphatic carbocycles. The lowest BCUT2D eigenvalue weighted by Gasteiger charge is -2.36. The molecular weight excluding hydrogens is 392 g/mol. The number of benzene rings is 1. The van der Waals surface area contributed by atoms with Gasteiger partial charge in [-0.25, -0.2) is 0 Å². The number of carbonyl (C=O) groups is 1. The molecule has 2 heterocycles. The molecule has 1 aromatic heterocycles. The van der Waals surface area contributed by atoms with Crippen LogP contribution in [0.1, 0.15) is 49.1 Å². The third-order valence-electron chi connectivity index (χ3n) is 5.93. The van der Waals surface area contributed by atoms with E-state index in [-0.39, 0.29) is 23.0 Å². The van der Waals surface area contributed by atoms with Crippen LogP contribution in [0.5, 0.6) is 5.75 Å². The molecule has 1 aliphatic rings. The van der Waals surface area contributed by atoms with Gasteiger partial charge in [-0.15, -0.1) is 0 Å². The zero-order chi connectivity index (χ0) is 22.4. The van der Waals surface area contributed by atoms with Gasteiger partial charge in [-0.2, -0.15) is 0 Å². The average Bonchev–Trinajstić information content (AvgIpc) is 2.74. The molecule has 0 saturated carbocycles. The maximum absolute atomic E-state index is 12.5. The molecule has 1 saturated heterocycles. The first-order valence-electron chi connectivity index (χ1n) is 11.2. The normalized spacial score (nSPS) is 14.8. The number of rotatable bonds is 8. The summed E-state index contributed by atoms with van der Waals surface area (Å²) in [5, 5.41) is 0. The van der Waals surface area contributed by atoms with E-state index in [9.17, 15) is 9.59 Å². The van der Waals surface area contributed by atoms with Crippen LogP contribution in [0.4, 0.5) is 0 Å². The first-order chi connectivity index (χ1) is 14.9. The van der Waals surface area contributed by atoms with Crippen molar-refractivity contribution in [3.63, 3.8) is 0 Å². The zero-order valence-electron chi connectivity index (χ0n) is 19.1. The van der Waals surface area contributed by atoms with Crippen LogP contribution >= 0.6 is 0 Å². The Kier molecular flexibility index (Phi) is 7.91. The fraction of sp³-hybridized carbons (Fsp3) is 0.520. The van der Waals surface area contributed by atoms with E-state index >= 15 is 0 Å². The Hall–Kier alpha value is -2.60. The molecule has 31 heavy (non-hydrogen) atoms. The van der Waals surface area contributed by atoms with Crippen LogP contribution in [0.25, 0.3) is 0 Å². The molecule has 3 rings (SSSR count). The Balaban J connectivity index is 1.53. The van der Waals surface area contributed by atoms with Gasteiger partial charge in [-0.3, -0.25) is 14.5 Å². The van der Waals surface area contributed by atoms with Crippen molar-refractivity contribution >= 4 is 5.91 Å². The third kappa shape index (κ3) is 6.20. The Labute approximate surface area is 184 Å². The largest absolute Gasteiger partial charge is 0.482 e. The second-order valence-electron chi connectivity index (χ2n) is 8.47. The average molecular weight is 427 g/mol. The molecule has 1 aromatic carbocycles. The van der Waals surface area contributed by atoms with Gasteiger partial charge in [0.2, 0.25) is 17.1 Å². The number of nitrogens with zero attached hydrogens (tertiary/aromatic N) is 2. The predicted octanol–water partition coefficient (Wildman–Crippen LogP) is 3.92. The summed E-state index contributed by atoms with van der Waals surface area (Å²) in [6, 6.07) is 7.72. The highest BCUT2D eigenvalue weighted by Gasteiger charge is 2.25. The van der Waals surface area contributed by atoms with Gasteiger partial charge in [-0.05, 0) is 32.3 Å². The maximum atomic E-state index is 12.5. The number of ether oxygens (including phenoxy) is 1. The second kappa shape index (κ2) is 10.6. The molecule has 0 spiro atoms. The SMILES string of the molecule is CCC(CC)C(=O)N1CCN(Cc2cc(=O)c(OCc3cc(C)cc(C)c3)co2)CC1. The first kappa shape index (κ1) is 23.1. The highest BCUT2D eigenvalue weighted by Crippen LogP contribution is 2.16. The molecule has 0 unspecified atom stereocenters. The fourth-order valence-corrected chi connectivity index (χ4v) is 4.18. The molecule has 6 nitrogen and oxygen atoms in total. The summed E-state index contributed by atoms with van der Waals surface area (Å²) in [5.74, 6) is 1.23. The minimum atomic E-state index is -0.173. The van der Waals surface area contributed by atoms with Crippen molar-refractivity contribution in [2.75, 3.05) is 26.2 Å². The van der Waals surface area contributed by atoms with Crippen LogP contribution in [0.15, 0.2) is 39.7 Å². The lowest BCUT2D eigenvalue weighted by atomic mass is 10.0. The minimum Gasteiger partial charge on any atom is -0.482 e. The summed E-state index contributed by atoms with van der Waals surface area (Å²) < 4.78 is 11.4. The molecule has 1 fully saturated rings. The Morgan fingerprint density at radius 3 is 2.26 bits per heavy atom. The molecule has 168 valence electrons. The zero-order valence-corrected chi connectivity index (χ0v) is 19.1. The van der Waals surface area contributed by atoms with Crippen molar-refractivity contribution in [2.24, 2.45) is 5.92 Å². The summed E-state index contributed by atoms with van der Waals surface area (Å²) in [4.78, 5) is 29.2. The summed E-state index contributed by atoms with van der Waals surface area (Å²) >= 11 is 0. The highest BCUT2D eigenvalue weighted by atomic mass is 16.5. The van der Waals surface area contributed by atoms with Crippen molar-refractivity contribution in [1.82, 2.24) is 9.80 Å². The quantitative estimate of drug-likeness (QED) is 0.640. The van der Waals surface area contributed by atoms with E-state index in [4.69, 9.17) is 9.15 Å². The molecule has 1 aliphatic heterocycles. The topological polar surface area (TPSA) is 63.0 Å². The van der Waals surface area contributed by atoms with Gasteiger partial charge in [0.05, 0.1) is 6.54 Å². The lowest BCUT2D eigenvalue weighted by molar-refractivity contribution is -0.137. The van der Waals surface area contributed by atoms with Crippen LogP contribution in [0.3, 0.4) is 0 Å². The standard InChI is InChI=1S/C25H34N2O4/c1-5-21(6-2)25(29)27-9-7-26(8-10-27)15-22-14-23(28)24(17-30-22)31-16-20-12-18(3)11-19(4)13-20/h11-14,17,21H,5-10,15-16H2,1-4H3. The number of amides is 1. The van der Waals surface area contributed by atoms with Gasteiger partial charge in [0.25, 0.3) is 0 Å². The maximum Gasteiger partial charge on any atom is 0.227 e. The molecule has 0 bridgehead atoms. The van der Waals surface area contributed by atoms with E-state index in [1.807, 2.05) is 18.7 Å². The number of aryl methyl sites for hydroxylation is 2. The van der Waals surface area contributed by atoms with Crippen molar-refractivity contribution in [2.45, 2.75) is 53.7 Å². The summed E-state index contributed by atoms with van der Waals surface area (Å²) in [6.07, 6.45) is 3.18. The molecule has 0 atom stereocenters. The van der Waals surface area contributed by atoms with Crippen molar-refractivity contribution in [1.29, 1.82) is 0 Å². The third-order valence-corrected chi connectivity index (χ3v) is 5.93. The number of hydrogen-bond donors (Lipinski definition) is 0. The molecule has 2 aromatic rings. The van der Waals surface area contributed by atoms with E-state index in [0.717, 1.165) is 44.6 Å². The number of carbonyl (C=O) groups excluding carboxylic acids is 1. The van der Waals surface area contributed by atoms with Gasteiger partial charge in [0.1, 0.15) is 18.6 Å². The van der Waals surface area contributed by atoms with E-state index in [1.54, 1.807) is 0 Å². The fourth-order valence-electron chi connectivity index (χ4n) is 4.18. The Bertz CT molecular complexity index is 921. The smallest absolute Gasteiger partial charge is 0.227 e. The van der Waals surface area contributed by atoms with Crippen LogP contribution in [-0.4, -0.2) is 41.9 Å². The summed E-state index contributed by atoms with van der Waals surface area (Å²) in [5.41, 5.74) is 3.19. The molecule has 0 radical (unpaired) electrons.